The van der Waals surface area contributed by atoms with E-state index >= 15 is 0 Å². The molecule has 7 nitrogen and oxygen atoms in total. The minimum absolute atomic E-state index is 0.0451. The second kappa shape index (κ2) is 5.26. The minimum Gasteiger partial charge on any atom is -0.478 e. The number of aromatic carboxylic acids is 1. The average Bonchev–Trinajstić information content (AvgIpc) is 2.34. The molecule has 0 aromatic heterocycles. The maximum absolute atomic E-state index is 11.2. The maximum atomic E-state index is 11.2. The molecular formula is C12H13ClN2O5. The van der Waals surface area contributed by atoms with Crippen LogP contribution in [-0.4, -0.2) is 33.3 Å². The Bertz CT molecular complexity index is 566. The standard InChI is InChI=1S/C12H13ClN2O5/c13-9-5-7(15(19)20)4-8(11(17)18)10(9)14-12(6-16)2-1-3-12/h4-5,14,16H,1-3,6H2,(H,17,18). The number of carbonyl (C=O) groups is 1. The van der Waals surface area contributed by atoms with Crippen LogP contribution in [0.1, 0.15) is 29.6 Å². The van der Waals surface area contributed by atoms with Crippen molar-refractivity contribution in [2.45, 2.75) is 24.8 Å². The van der Waals surface area contributed by atoms with Crippen molar-refractivity contribution in [1.82, 2.24) is 0 Å². The summed E-state index contributed by atoms with van der Waals surface area (Å²) in [5.41, 5.74) is -1.14. The van der Waals surface area contributed by atoms with E-state index in [2.05, 4.69) is 5.32 Å². The number of aliphatic hydroxyl groups is 1. The molecule has 108 valence electrons. The summed E-state index contributed by atoms with van der Waals surface area (Å²) in [7, 11) is 0. The van der Waals surface area contributed by atoms with Crippen molar-refractivity contribution in [1.29, 1.82) is 0 Å². The molecule has 1 aliphatic rings. The van der Waals surface area contributed by atoms with E-state index in [9.17, 15) is 25.1 Å². The van der Waals surface area contributed by atoms with Gasteiger partial charge < -0.3 is 15.5 Å². The fourth-order valence-corrected chi connectivity index (χ4v) is 2.45. The molecule has 0 heterocycles. The van der Waals surface area contributed by atoms with Gasteiger partial charge in [0.05, 0.1) is 33.3 Å². The van der Waals surface area contributed by atoms with Crippen LogP contribution in [0.4, 0.5) is 11.4 Å². The zero-order chi connectivity index (χ0) is 14.9. The van der Waals surface area contributed by atoms with Crippen molar-refractivity contribution < 1.29 is 19.9 Å². The zero-order valence-electron chi connectivity index (χ0n) is 10.4. The van der Waals surface area contributed by atoms with Crippen LogP contribution in [-0.2, 0) is 0 Å². The molecule has 8 heteroatoms. The molecule has 1 aromatic rings. The number of anilines is 1. The third kappa shape index (κ3) is 2.54. The largest absolute Gasteiger partial charge is 0.478 e. The average molecular weight is 301 g/mol. The van der Waals surface area contributed by atoms with Gasteiger partial charge in [-0.05, 0) is 19.3 Å². The van der Waals surface area contributed by atoms with Gasteiger partial charge in [-0.1, -0.05) is 11.6 Å². The number of rotatable bonds is 5. The number of non-ortho nitro benzene ring substituents is 1. The van der Waals surface area contributed by atoms with Crippen LogP contribution in [0.2, 0.25) is 5.02 Å². The molecule has 0 bridgehead atoms. The molecule has 0 atom stereocenters. The molecule has 1 aliphatic carbocycles. The lowest BCUT2D eigenvalue weighted by Crippen LogP contribution is -2.48. The van der Waals surface area contributed by atoms with E-state index < -0.39 is 16.4 Å². The van der Waals surface area contributed by atoms with Gasteiger partial charge in [0.2, 0.25) is 0 Å². The van der Waals surface area contributed by atoms with Crippen LogP contribution in [0.3, 0.4) is 0 Å². The van der Waals surface area contributed by atoms with Crippen LogP contribution in [0.25, 0.3) is 0 Å². The first-order valence-corrected chi connectivity index (χ1v) is 6.37. The summed E-state index contributed by atoms with van der Waals surface area (Å²) in [6.07, 6.45) is 2.30. The van der Waals surface area contributed by atoms with Crippen LogP contribution >= 0.6 is 11.6 Å². The van der Waals surface area contributed by atoms with E-state index in [1.807, 2.05) is 0 Å². The number of nitro groups is 1. The van der Waals surface area contributed by atoms with Gasteiger partial charge in [0.25, 0.3) is 5.69 Å². The minimum atomic E-state index is -1.31. The van der Waals surface area contributed by atoms with Gasteiger partial charge in [0.1, 0.15) is 0 Å². The van der Waals surface area contributed by atoms with Crippen molar-refractivity contribution in [3.8, 4) is 0 Å². The van der Waals surface area contributed by atoms with E-state index in [0.717, 1.165) is 18.6 Å². The molecule has 0 aliphatic heterocycles. The summed E-state index contributed by atoms with van der Waals surface area (Å²) in [5.74, 6) is -1.31. The molecular weight excluding hydrogens is 288 g/mol. The number of carboxylic acids is 1. The third-order valence-corrected chi connectivity index (χ3v) is 3.82. The van der Waals surface area contributed by atoms with Gasteiger partial charge >= 0.3 is 5.97 Å². The van der Waals surface area contributed by atoms with E-state index in [-0.39, 0.29) is 28.6 Å². The smallest absolute Gasteiger partial charge is 0.338 e. The van der Waals surface area contributed by atoms with Crippen molar-refractivity contribution in [2.75, 3.05) is 11.9 Å². The number of nitro benzene ring substituents is 1. The number of aliphatic hydroxyl groups excluding tert-OH is 1. The normalized spacial score (nSPS) is 16.3. The van der Waals surface area contributed by atoms with Crippen LogP contribution in [0.5, 0.6) is 0 Å². The molecule has 1 saturated carbocycles. The van der Waals surface area contributed by atoms with Gasteiger partial charge in [-0.3, -0.25) is 10.1 Å². The number of carboxylic acid groups (broad SMARTS) is 1. The first kappa shape index (κ1) is 14.5. The first-order chi connectivity index (χ1) is 9.38. The molecule has 0 radical (unpaired) electrons. The summed E-state index contributed by atoms with van der Waals surface area (Å²) in [6.45, 7) is -0.153. The maximum Gasteiger partial charge on any atom is 0.338 e. The fraction of sp³-hybridized carbons (Fsp3) is 0.417. The van der Waals surface area contributed by atoms with Crippen molar-refractivity contribution in [3.63, 3.8) is 0 Å². The second-order valence-corrected chi connectivity index (χ2v) is 5.24. The Morgan fingerprint density at radius 2 is 2.15 bits per heavy atom. The van der Waals surface area contributed by atoms with Gasteiger partial charge in [-0.15, -0.1) is 0 Å². The topological polar surface area (TPSA) is 113 Å². The third-order valence-electron chi connectivity index (χ3n) is 3.52. The van der Waals surface area contributed by atoms with Crippen LogP contribution < -0.4 is 5.32 Å². The van der Waals surface area contributed by atoms with E-state index in [1.54, 1.807) is 0 Å². The lowest BCUT2D eigenvalue weighted by molar-refractivity contribution is -0.384. The van der Waals surface area contributed by atoms with Gasteiger partial charge in [0, 0.05) is 12.1 Å². The van der Waals surface area contributed by atoms with Crippen LogP contribution in [0.15, 0.2) is 12.1 Å². The predicted octanol–water partition coefficient (Wildman–Crippen LogP) is 2.27. The summed E-state index contributed by atoms with van der Waals surface area (Å²) in [4.78, 5) is 21.3. The predicted molar refractivity (Wildman–Crippen MR) is 72.4 cm³/mol. The Morgan fingerprint density at radius 1 is 1.50 bits per heavy atom. The van der Waals surface area contributed by atoms with E-state index in [1.165, 1.54) is 0 Å². The molecule has 1 fully saturated rings. The van der Waals surface area contributed by atoms with Crippen LogP contribution in [0, 0.1) is 10.1 Å². The summed E-state index contributed by atoms with van der Waals surface area (Å²) in [5, 5.41) is 32.2. The lowest BCUT2D eigenvalue weighted by Gasteiger charge is -2.42. The molecule has 20 heavy (non-hydrogen) atoms. The Kier molecular flexibility index (Phi) is 3.82. The number of halogens is 1. The first-order valence-electron chi connectivity index (χ1n) is 5.99. The summed E-state index contributed by atoms with van der Waals surface area (Å²) < 4.78 is 0. The highest BCUT2D eigenvalue weighted by molar-refractivity contribution is 6.34. The molecule has 1 aromatic carbocycles. The van der Waals surface area contributed by atoms with Gasteiger partial charge in [0.15, 0.2) is 0 Å². The fourth-order valence-electron chi connectivity index (χ4n) is 2.18. The monoisotopic (exact) mass is 300 g/mol. The number of hydrogen-bond acceptors (Lipinski definition) is 5. The Hall–Kier alpha value is -1.86. The van der Waals surface area contributed by atoms with Gasteiger partial charge in [-0.25, -0.2) is 4.79 Å². The molecule has 2 rings (SSSR count). The highest BCUT2D eigenvalue weighted by Crippen LogP contribution is 2.39. The highest BCUT2D eigenvalue weighted by Gasteiger charge is 2.38. The SMILES string of the molecule is O=C(O)c1cc([N+](=O)[O-])cc(Cl)c1NC1(CO)CCC1. The second-order valence-electron chi connectivity index (χ2n) is 4.83. The number of nitrogens with zero attached hydrogens (tertiary/aromatic N) is 1. The van der Waals surface area contributed by atoms with Crippen molar-refractivity contribution >= 4 is 28.9 Å². The Balaban J connectivity index is 2.46. The number of benzene rings is 1. The molecule has 0 spiro atoms. The number of nitrogens with one attached hydrogen (secondary N) is 1. The molecule has 0 saturated heterocycles. The quantitative estimate of drug-likeness (QED) is 0.568. The lowest BCUT2D eigenvalue weighted by atomic mass is 9.77. The highest BCUT2D eigenvalue weighted by atomic mass is 35.5. The van der Waals surface area contributed by atoms with Gasteiger partial charge in [-0.2, -0.15) is 0 Å². The molecule has 0 unspecified atom stereocenters. The van der Waals surface area contributed by atoms with Crippen molar-refractivity contribution in [3.05, 3.63) is 32.8 Å². The molecule has 3 N–H and O–H groups in total. The Labute approximate surface area is 119 Å². The zero-order valence-corrected chi connectivity index (χ0v) is 11.2. The van der Waals surface area contributed by atoms with E-state index in [0.29, 0.717) is 12.8 Å². The Morgan fingerprint density at radius 3 is 2.55 bits per heavy atom. The summed E-state index contributed by atoms with van der Waals surface area (Å²) >= 11 is 5.95. The van der Waals surface area contributed by atoms with E-state index in [4.69, 9.17) is 11.6 Å². The van der Waals surface area contributed by atoms with Crippen molar-refractivity contribution in [2.24, 2.45) is 0 Å². The molecule has 0 amide bonds. The summed E-state index contributed by atoms with van der Waals surface area (Å²) in [6, 6.07) is 2.06. The number of hydrogen-bond donors (Lipinski definition) is 3.